The maximum atomic E-state index is 12.6. The second-order valence-electron chi connectivity index (χ2n) is 14.4. The maximum absolute atomic E-state index is 12.6. The zero-order valence-corrected chi connectivity index (χ0v) is 35.5. The first kappa shape index (κ1) is 52.9. The van der Waals surface area contributed by atoms with E-state index in [1.165, 1.54) is 77.0 Å². The minimum Gasteiger partial charge on any atom is -0.462 e. The molecule has 0 rings (SSSR count). The first-order chi connectivity index (χ1) is 26.7. The van der Waals surface area contributed by atoms with Gasteiger partial charge in [0.25, 0.3) is 0 Å². The molecule has 0 heterocycles. The van der Waals surface area contributed by atoms with Crippen molar-refractivity contribution in [3.63, 3.8) is 0 Å². The third-order valence-corrected chi connectivity index (χ3v) is 9.92. The van der Waals surface area contributed by atoms with Gasteiger partial charge in [0.2, 0.25) is 0 Å². The number of hydrogen-bond acceptors (Lipinski definition) is 9. The third kappa shape index (κ3) is 39.9. The van der Waals surface area contributed by atoms with Crippen molar-refractivity contribution >= 4 is 19.8 Å². The van der Waals surface area contributed by atoms with Gasteiger partial charge in [0.05, 0.1) is 19.8 Å². The number of carbonyl (C=O) groups excluding carboxylic acids is 2. The van der Waals surface area contributed by atoms with Crippen LogP contribution in [0.25, 0.3) is 0 Å². The number of unbranched alkanes of at least 4 members (excludes halogenated alkanes) is 18. The Hall–Kier alpha value is -2.07. The predicted molar refractivity (Wildman–Crippen MR) is 224 cm³/mol. The first-order valence-corrected chi connectivity index (χ1v) is 23.1. The van der Waals surface area contributed by atoms with E-state index in [0.29, 0.717) is 12.8 Å². The molecule has 0 saturated carbocycles. The highest BCUT2D eigenvalue weighted by molar-refractivity contribution is 7.47. The zero-order chi connectivity index (χ0) is 40.5. The fourth-order valence-corrected chi connectivity index (χ4v) is 6.42. The van der Waals surface area contributed by atoms with E-state index in [4.69, 9.17) is 19.1 Å². The molecule has 0 aliphatic heterocycles. The molecule has 3 N–H and O–H groups in total. The van der Waals surface area contributed by atoms with E-state index in [1.807, 2.05) is 0 Å². The van der Waals surface area contributed by atoms with Crippen LogP contribution in [0.3, 0.4) is 0 Å². The van der Waals surface area contributed by atoms with Crippen LogP contribution in [0.4, 0.5) is 0 Å². The van der Waals surface area contributed by atoms with Crippen molar-refractivity contribution in [1.29, 1.82) is 0 Å². The quantitative estimate of drug-likeness (QED) is 0.0237. The molecule has 0 aliphatic rings. The highest BCUT2D eigenvalue weighted by atomic mass is 31.2. The topological polar surface area (TPSA) is 149 Å². The Balaban J connectivity index is 4.35. The summed E-state index contributed by atoms with van der Waals surface area (Å²) in [5.41, 5.74) is 0. The lowest BCUT2D eigenvalue weighted by Crippen LogP contribution is -2.29. The van der Waals surface area contributed by atoms with E-state index in [9.17, 15) is 24.2 Å². The molecule has 0 spiro atoms. The van der Waals surface area contributed by atoms with Crippen LogP contribution in [-0.4, -0.2) is 65.7 Å². The summed E-state index contributed by atoms with van der Waals surface area (Å²) < 4.78 is 32.7. The molecule has 11 heteroatoms. The number of carbonyl (C=O) groups is 2. The largest absolute Gasteiger partial charge is 0.472 e. The highest BCUT2D eigenvalue weighted by Gasteiger charge is 2.27. The van der Waals surface area contributed by atoms with Crippen molar-refractivity contribution in [3.8, 4) is 0 Å². The van der Waals surface area contributed by atoms with Crippen LogP contribution in [0.15, 0.2) is 48.6 Å². The Kier molecular flexibility index (Phi) is 38.6. The summed E-state index contributed by atoms with van der Waals surface area (Å²) in [6, 6.07) is 0. The van der Waals surface area contributed by atoms with Crippen LogP contribution in [0.5, 0.6) is 0 Å². The summed E-state index contributed by atoms with van der Waals surface area (Å²) in [5.74, 6) is -0.959. The van der Waals surface area contributed by atoms with Gasteiger partial charge in [-0.25, -0.2) is 4.57 Å². The number of aliphatic hydroxyl groups is 2. The van der Waals surface area contributed by atoms with Gasteiger partial charge in [0.15, 0.2) is 6.10 Å². The van der Waals surface area contributed by atoms with Crippen molar-refractivity contribution in [2.45, 2.75) is 193 Å². The number of hydrogen-bond donors (Lipinski definition) is 3. The van der Waals surface area contributed by atoms with Crippen molar-refractivity contribution < 1.29 is 47.8 Å². The van der Waals surface area contributed by atoms with Crippen LogP contribution in [0.1, 0.15) is 181 Å². The minimum absolute atomic E-state index is 0.179. The van der Waals surface area contributed by atoms with Crippen molar-refractivity contribution in [3.05, 3.63) is 48.6 Å². The summed E-state index contributed by atoms with van der Waals surface area (Å²) >= 11 is 0. The Morgan fingerprint density at radius 2 is 0.982 bits per heavy atom. The molecule has 0 bridgehead atoms. The summed E-state index contributed by atoms with van der Waals surface area (Å²) in [5, 5.41) is 18.3. The Labute approximate surface area is 334 Å². The number of aliphatic hydroxyl groups excluding tert-OH is 2. The van der Waals surface area contributed by atoms with Crippen LogP contribution < -0.4 is 0 Å². The summed E-state index contributed by atoms with van der Waals surface area (Å²) in [7, 11) is -4.62. The molecule has 0 radical (unpaired) electrons. The van der Waals surface area contributed by atoms with E-state index in [-0.39, 0.29) is 19.4 Å². The molecule has 0 amide bonds. The molecule has 320 valence electrons. The standard InChI is InChI=1S/C44H79O10P/c1-3-5-7-9-11-13-15-17-19-20-22-23-25-27-29-31-33-35-43(47)51-39-42(40-53-55(49,50)52-38-41(46)37-45)54-44(48)36-34-32-30-28-26-24-21-18-16-14-12-10-8-6-4-2/h7,9,13,15,19-20,23,25,41-42,45-46H,3-6,8,10-12,14,16-18,21-22,24,26-40H2,1-2H3,(H,49,50)/b9-7+,15-13+,20-19+,25-23+/t41-,42+/m0/s1. The van der Waals surface area contributed by atoms with Crippen LogP contribution >= 0.6 is 7.82 Å². The van der Waals surface area contributed by atoms with Crippen molar-refractivity contribution in [1.82, 2.24) is 0 Å². The summed E-state index contributed by atoms with van der Waals surface area (Å²) in [4.78, 5) is 35.0. The van der Waals surface area contributed by atoms with Crippen molar-refractivity contribution in [2.75, 3.05) is 26.4 Å². The lowest BCUT2D eigenvalue weighted by atomic mass is 10.0. The smallest absolute Gasteiger partial charge is 0.462 e. The van der Waals surface area contributed by atoms with Crippen LogP contribution in [-0.2, 0) is 32.7 Å². The first-order valence-electron chi connectivity index (χ1n) is 21.6. The average molecular weight is 799 g/mol. The van der Waals surface area contributed by atoms with Crippen molar-refractivity contribution in [2.24, 2.45) is 0 Å². The fraction of sp³-hybridized carbons (Fsp3) is 0.773. The Morgan fingerprint density at radius 1 is 0.545 bits per heavy atom. The van der Waals surface area contributed by atoms with Gasteiger partial charge >= 0.3 is 19.8 Å². The lowest BCUT2D eigenvalue weighted by Gasteiger charge is -2.20. The molecule has 1 unspecified atom stereocenters. The van der Waals surface area contributed by atoms with Gasteiger partial charge in [-0.15, -0.1) is 0 Å². The predicted octanol–water partition coefficient (Wildman–Crippen LogP) is 11.3. The van der Waals surface area contributed by atoms with Gasteiger partial charge in [0, 0.05) is 12.8 Å². The molecule has 55 heavy (non-hydrogen) atoms. The SMILES string of the molecule is CCC/C=C/C/C=C/C/C=C/C/C=C/CCCCCC(=O)OC[C@H](COP(=O)(O)OC[C@@H](O)CO)OC(=O)CCCCCCCCCCCCCCCCC. The second kappa shape index (κ2) is 40.1. The van der Waals surface area contributed by atoms with E-state index in [0.717, 1.165) is 64.2 Å². The van der Waals surface area contributed by atoms with E-state index in [1.54, 1.807) is 0 Å². The molecular formula is C44H79O10P. The van der Waals surface area contributed by atoms with E-state index < -0.39 is 51.8 Å². The molecule has 0 saturated heterocycles. The molecule has 10 nitrogen and oxygen atoms in total. The maximum Gasteiger partial charge on any atom is 0.472 e. The van der Waals surface area contributed by atoms with Gasteiger partial charge in [-0.1, -0.05) is 165 Å². The molecule has 0 aromatic heterocycles. The van der Waals surface area contributed by atoms with Gasteiger partial charge in [-0.05, 0) is 51.4 Å². The minimum atomic E-state index is -4.62. The van der Waals surface area contributed by atoms with Crippen LogP contribution in [0.2, 0.25) is 0 Å². The summed E-state index contributed by atoms with van der Waals surface area (Å²) in [6.07, 6.45) is 42.1. The molecule has 0 aliphatic carbocycles. The number of phosphoric acid groups is 1. The zero-order valence-electron chi connectivity index (χ0n) is 34.6. The average Bonchev–Trinajstić information content (AvgIpc) is 3.17. The second-order valence-corrected chi connectivity index (χ2v) is 15.8. The fourth-order valence-electron chi connectivity index (χ4n) is 5.63. The van der Waals surface area contributed by atoms with Crippen LogP contribution in [0, 0.1) is 0 Å². The summed E-state index contributed by atoms with van der Waals surface area (Å²) in [6.45, 7) is 2.28. The molecular weight excluding hydrogens is 719 g/mol. The number of phosphoric ester groups is 1. The highest BCUT2D eigenvalue weighted by Crippen LogP contribution is 2.43. The molecule has 0 aromatic carbocycles. The number of esters is 2. The normalized spacial score (nSPS) is 14.3. The third-order valence-electron chi connectivity index (χ3n) is 8.97. The molecule has 3 atom stereocenters. The van der Waals surface area contributed by atoms with Gasteiger partial charge in [-0.2, -0.15) is 0 Å². The monoisotopic (exact) mass is 799 g/mol. The van der Waals surface area contributed by atoms with E-state index in [2.05, 4.69) is 67.0 Å². The number of ether oxygens (including phenoxy) is 2. The Morgan fingerprint density at radius 3 is 1.49 bits per heavy atom. The van der Waals surface area contributed by atoms with E-state index >= 15 is 0 Å². The Bertz CT molecular complexity index is 1060. The molecule has 0 aromatic rings. The van der Waals surface area contributed by atoms with Gasteiger partial charge in [-0.3, -0.25) is 18.6 Å². The van der Waals surface area contributed by atoms with Gasteiger partial charge < -0.3 is 24.6 Å². The number of rotatable bonds is 40. The lowest BCUT2D eigenvalue weighted by molar-refractivity contribution is -0.161. The molecule has 0 fully saturated rings. The number of allylic oxidation sites excluding steroid dienone is 8. The van der Waals surface area contributed by atoms with Gasteiger partial charge in [0.1, 0.15) is 12.7 Å².